The number of benzene rings is 1. The largest absolute Gasteiger partial charge is 0.370 e. The molecule has 1 aromatic carbocycles. The Morgan fingerprint density at radius 2 is 1.67 bits per heavy atom. The predicted octanol–water partition coefficient (Wildman–Crippen LogP) is 4.31. The smallest absolute Gasteiger partial charge is 0.0427 e. The first kappa shape index (κ1) is 13.2. The van der Waals surface area contributed by atoms with Crippen molar-refractivity contribution in [3.8, 4) is 0 Å². The van der Waals surface area contributed by atoms with Crippen molar-refractivity contribution in [3.63, 3.8) is 0 Å². The molecule has 1 nitrogen and oxygen atoms in total. The van der Waals surface area contributed by atoms with Crippen LogP contribution in [0.5, 0.6) is 0 Å². The van der Waals surface area contributed by atoms with E-state index in [9.17, 15) is 0 Å². The summed E-state index contributed by atoms with van der Waals surface area (Å²) in [5.41, 5.74) is 1.40. The molecule has 1 aliphatic heterocycles. The Labute approximate surface area is 112 Å². The number of hydrogen-bond acceptors (Lipinski definition) is 1. The summed E-state index contributed by atoms with van der Waals surface area (Å²) in [7, 11) is 0. The standard InChI is InChI=1S/C17H25N/c1-13(2)16-10-11-18(17(16)14(3)4)12-15-8-6-5-7-9-15/h5-11,13-14,16-17H,12H2,1-4H3. The summed E-state index contributed by atoms with van der Waals surface area (Å²) in [5.74, 6) is 2.10. The quantitative estimate of drug-likeness (QED) is 0.761. The minimum atomic E-state index is 0.644. The zero-order valence-corrected chi connectivity index (χ0v) is 12.0. The molecule has 1 heteroatoms. The highest BCUT2D eigenvalue weighted by atomic mass is 15.2. The monoisotopic (exact) mass is 243 g/mol. The van der Waals surface area contributed by atoms with Crippen molar-refractivity contribution in [1.82, 2.24) is 4.90 Å². The molecule has 0 fully saturated rings. The van der Waals surface area contributed by atoms with Crippen molar-refractivity contribution >= 4 is 0 Å². The van der Waals surface area contributed by atoms with Gasteiger partial charge in [-0.15, -0.1) is 0 Å². The molecule has 0 aliphatic carbocycles. The van der Waals surface area contributed by atoms with Crippen LogP contribution in [0.4, 0.5) is 0 Å². The van der Waals surface area contributed by atoms with Crippen molar-refractivity contribution < 1.29 is 0 Å². The molecule has 0 saturated carbocycles. The van der Waals surface area contributed by atoms with Crippen molar-refractivity contribution in [2.45, 2.75) is 40.3 Å². The van der Waals surface area contributed by atoms with E-state index in [1.54, 1.807) is 0 Å². The van der Waals surface area contributed by atoms with Crippen LogP contribution in [-0.4, -0.2) is 10.9 Å². The molecule has 0 aromatic heterocycles. The van der Waals surface area contributed by atoms with Crippen LogP contribution in [0.25, 0.3) is 0 Å². The van der Waals surface area contributed by atoms with Crippen LogP contribution < -0.4 is 0 Å². The summed E-state index contributed by atoms with van der Waals surface area (Å²) in [4.78, 5) is 2.52. The van der Waals surface area contributed by atoms with Crippen molar-refractivity contribution in [3.05, 3.63) is 48.2 Å². The van der Waals surface area contributed by atoms with Crippen LogP contribution in [0.3, 0.4) is 0 Å². The van der Waals surface area contributed by atoms with Gasteiger partial charge in [-0.1, -0.05) is 64.1 Å². The molecule has 0 bridgehead atoms. The number of rotatable bonds is 4. The molecule has 2 rings (SSSR count). The Kier molecular flexibility index (Phi) is 4.11. The minimum absolute atomic E-state index is 0.644. The zero-order valence-electron chi connectivity index (χ0n) is 12.0. The highest BCUT2D eigenvalue weighted by Crippen LogP contribution is 2.33. The Balaban J connectivity index is 2.11. The fourth-order valence-electron chi connectivity index (χ4n) is 3.04. The molecule has 2 unspecified atom stereocenters. The van der Waals surface area contributed by atoms with E-state index in [0.717, 1.165) is 12.5 Å². The average molecular weight is 243 g/mol. The van der Waals surface area contributed by atoms with E-state index < -0.39 is 0 Å². The van der Waals surface area contributed by atoms with Crippen LogP contribution in [0.15, 0.2) is 42.6 Å². The summed E-state index contributed by atoms with van der Waals surface area (Å²) in [6, 6.07) is 11.4. The highest BCUT2D eigenvalue weighted by molar-refractivity contribution is 5.17. The van der Waals surface area contributed by atoms with Gasteiger partial charge in [0.15, 0.2) is 0 Å². The van der Waals surface area contributed by atoms with Crippen molar-refractivity contribution in [2.24, 2.45) is 17.8 Å². The van der Waals surface area contributed by atoms with Gasteiger partial charge in [0.25, 0.3) is 0 Å². The van der Waals surface area contributed by atoms with Gasteiger partial charge in [-0.3, -0.25) is 0 Å². The van der Waals surface area contributed by atoms with Crippen LogP contribution in [0.2, 0.25) is 0 Å². The Hall–Kier alpha value is -1.24. The fraction of sp³-hybridized carbons (Fsp3) is 0.529. The van der Waals surface area contributed by atoms with Crippen LogP contribution in [-0.2, 0) is 6.54 Å². The first-order valence-electron chi connectivity index (χ1n) is 7.07. The van der Waals surface area contributed by atoms with E-state index in [-0.39, 0.29) is 0 Å². The maximum atomic E-state index is 2.52. The average Bonchev–Trinajstić information content (AvgIpc) is 2.74. The van der Waals surface area contributed by atoms with Crippen molar-refractivity contribution in [1.29, 1.82) is 0 Å². The normalized spacial score (nSPS) is 23.3. The lowest BCUT2D eigenvalue weighted by atomic mass is 9.84. The molecule has 0 saturated heterocycles. The second-order valence-corrected chi connectivity index (χ2v) is 6.06. The summed E-state index contributed by atoms with van der Waals surface area (Å²) < 4.78 is 0. The molecule has 1 aromatic rings. The van der Waals surface area contributed by atoms with Gasteiger partial charge in [0, 0.05) is 18.5 Å². The zero-order chi connectivity index (χ0) is 13.1. The van der Waals surface area contributed by atoms with E-state index in [0.29, 0.717) is 17.9 Å². The lowest BCUT2D eigenvalue weighted by Crippen LogP contribution is -2.37. The third-order valence-electron chi connectivity index (χ3n) is 3.94. The summed E-state index contributed by atoms with van der Waals surface area (Å²) in [6.07, 6.45) is 4.71. The summed E-state index contributed by atoms with van der Waals surface area (Å²) in [5, 5.41) is 0. The Bertz CT molecular complexity index is 391. The number of hydrogen-bond donors (Lipinski definition) is 0. The van der Waals surface area contributed by atoms with E-state index in [2.05, 4.69) is 75.2 Å². The molecule has 0 spiro atoms. The predicted molar refractivity (Wildman–Crippen MR) is 78.1 cm³/mol. The SMILES string of the molecule is CC(C)C1C=CN(Cc2ccccc2)C1C(C)C. The van der Waals surface area contributed by atoms with Gasteiger partial charge in [-0.2, -0.15) is 0 Å². The minimum Gasteiger partial charge on any atom is -0.370 e. The van der Waals surface area contributed by atoms with E-state index in [1.807, 2.05) is 0 Å². The molecule has 2 atom stereocenters. The first-order valence-corrected chi connectivity index (χ1v) is 7.07. The van der Waals surface area contributed by atoms with Gasteiger partial charge in [0.1, 0.15) is 0 Å². The molecular weight excluding hydrogens is 218 g/mol. The fourth-order valence-corrected chi connectivity index (χ4v) is 3.04. The van der Waals surface area contributed by atoms with E-state index in [1.165, 1.54) is 5.56 Å². The Morgan fingerprint density at radius 3 is 2.22 bits per heavy atom. The first-order chi connectivity index (χ1) is 8.59. The van der Waals surface area contributed by atoms with Crippen LogP contribution >= 0.6 is 0 Å². The van der Waals surface area contributed by atoms with E-state index in [4.69, 9.17) is 0 Å². The maximum absolute atomic E-state index is 2.52. The van der Waals surface area contributed by atoms with E-state index >= 15 is 0 Å². The second-order valence-electron chi connectivity index (χ2n) is 6.06. The second kappa shape index (κ2) is 5.60. The van der Waals surface area contributed by atoms with Gasteiger partial charge in [0.2, 0.25) is 0 Å². The van der Waals surface area contributed by atoms with Crippen LogP contribution in [0.1, 0.15) is 33.3 Å². The summed E-state index contributed by atoms with van der Waals surface area (Å²) >= 11 is 0. The lowest BCUT2D eigenvalue weighted by molar-refractivity contribution is 0.167. The number of nitrogens with zero attached hydrogens (tertiary/aromatic N) is 1. The van der Waals surface area contributed by atoms with Crippen LogP contribution in [0, 0.1) is 17.8 Å². The topological polar surface area (TPSA) is 3.24 Å². The van der Waals surface area contributed by atoms with Gasteiger partial charge in [0.05, 0.1) is 0 Å². The molecule has 0 radical (unpaired) electrons. The van der Waals surface area contributed by atoms with Crippen molar-refractivity contribution in [2.75, 3.05) is 0 Å². The van der Waals surface area contributed by atoms with Gasteiger partial charge >= 0.3 is 0 Å². The highest BCUT2D eigenvalue weighted by Gasteiger charge is 2.33. The molecule has 0 N–H and O–H groups in total. The van der Waals surface area contributed by atoms with Gasteiger partial charge in [-0.05, 0) is 23.6 Å². The molecule has 1 aliphatic rings. The van der Waals surface area contributed by atoms with Gasteiger partial charge in [-0.25, -0.2) is 0 Å². The summed E-state index contributed by atoms with van der Waals surface area (Å²) in [6.45, 7) is 10.4. The molecular formula is C17H25N. The molecule has 98 valence electrons. The maximum Gasteiger partial charge on any atom is 0.0427 e. The molecule has 1 heterocycles. The Morgan fingerprint density at radius 1 is 1.00 bits per heavy atom. The third-order valence-corrected chi connectivity index (χ3v) is 3.94. The molecule has 18 heavy (non-hydrogen) atoms. The van der Waals surface area contributed by atoms with Gasteiger partial charge < -0.3 is 4.90 Å². The lowest BCUT2D eigenvalue weighted by Gasteiger charge is -2.34. The molecule has 0 amide bonds. The third kappa shape index (κ3) is 2.77.